The molecule has 0 spiro atoms. The summed E-state index contributed by atoms with van der Waals surface area (Å²) in [6.07, 6.45) is 1.91. The molecule has 0 aliphatic carbocycles. The molecule has 0 bridgehead atoms. The molecule has 6 nitrogen and oxygen atoms in total. The van der Waals surface area contributed by atoms with Crippen LogP contribution < -0.4 is 10.2 Å². The lowest BCUT2D eigenvalue weighted by molar-refractivity contribution is 0.202. The molecule has 7 heteroatoms. The first-order valence-electron chi connectivity index (χ1n) is 6.24. The van der Waals surface area contributed by atoms with E-state index >= 15 is 0 Å². The predicted octanol–water partition coefficient (Wildman–Crippen LogP) is 1.17. The van der Waals surface area contributed by atoms with Gasteiger partial charge in [-0.05, 0) is 37.3 Å². The van der Waals surface area contributed by atoms with E-state index in [1.165, 1.54) is 0 Å². The number of aromatic nitrogens is 3. The highest BCUT2D eigenvalue weighted by atomic mass is 35.5. The maximum absolute atomic E-state index is 9.12. The van der Waals surface area contributed by atoms with E-state index in [1.807, 2.05) is 6.92 Å². The molecule has 0 atom stereocenters. The van der Waals surface area contributed by atoms with Crippen molar-refractivity contribution >= 4 is 23.5 Å². The maximum Gasteiger partial charge on any atom is 0.231 e. The Bertz CT molecular complexity index is 395. The van der Waals surface area contributed by atoms with Crippen molar-refractivity contribution < 1.29 is 5.11 Å². The number of nitrogens with zero attached hydrogens (tertiary/aromatic N) is 4. The van der Waals surface area contributed by atoms with Crippen LogP contribution >= 0.6 is 11.6 Å². The van der Waals surface area contributed by atoms with Gasteiger partial charge in [-0.3, -0.25) is 0 Å². The number of nitrogens with one attached hydrogen (secondary N) is 1. The predicted molar refractivity (Wildman–Crippen MR) is 71.0 cm³/mol. The fourth-order valence-corrected chi connectivity index (χ4v) is 2.19. The molecule has 1 aromatic heterocycles. The number of piperidine rings is 1. The highest BCUT2D eigenvalue weighted by Gasteiger charge is 2.21. The highest BCUT2D eigenvalue weighted by molar-refractivity contribution is 6.28. The first-order chi connectivity index (χ1) is 8.72. The molecule has 1 fully saturated rings. The second kappa shape index (κ2) is 6.15. The third kappa shape index (κ3) is 3.20. The average Bonchev–Trinajstić information content (AvgIpc) is 2.38. The van der Waals surface area contributed by atoms with Crippen molar-refractivity contribution in [2.24, 2.45) is 5.92 Å². The molecular formula is C11H18ClN5O. The summed E-state index contributed by atoms with van der Waals surface area (Å²) in [7, 11) is 0. The number of hydrogen-bond donors (Lipinski definition) is 2. The van der Waals surface area contributed by atoms with Crippen molar-refractivity contribution in [3.63, 3.8) is 0 Å². The van der Waals surface area contributed by atoms with Gasteiger partial charge in [0.05, 0.1) is 0 Å². The van der Waals surface area contributed by atoms with Crippen LogP contribution in [0.25, 0.3) is 0 Å². The minimum absolute atomic E-state index is 0.209. The molecule has 1 aliphatic heterocycles. The molecule has 2 N–H and O–H groups in total. The standard InChI is InChI=1S/C11H18ClN5O/c1-2-13-10-14-9(12)15-11(16-10)17-5-3-8(7-18)4-6-17/h8,18H,2-7H2,1H3,(H,13,14,15,16). The fraction of sp³-hybridized carbons (Fsp3) is 0.727. The molecule has 0 radical (unpaired) electrons. The Hall–Kier alpha value is -1.14. The number of hydrogen-bond acceptors (Lipinski definition) is 6. The Morgan fingerprint density at radius 2 is 2.06 bits per heavy atom. The molecule has 0 aromatic carbocycles. The smallest absolute Gasteiger partial charge is 0.231 e. The van der Waals surface area contributed by atoms with Gasteiger partial charge >= 0.3 is 0 Å². The first-order valence-corrected chi connectivity index (χ1v) is 6.62. The van der Waals surface area contributed by atoms with Crippen molar-refractivity contribution in [3.8, 4) is 0 Å². The number of anilines is 2. The van der Waals surface area contributed by atoms with Crippen LogP contribution in [0.4, 0.5) is 11.9 Å². The third-order valence-electron chi connectivity index (χ3n) is 3.09. The molecule has 1 aromatic rings. The number of halogens is 1. The quantitative estimate of drug-likeness (QED) is 0.856. The van der Waals surface area contributed by atoms with Crippen LogP contribution in [0.3, 0.4) is 0 Å². The summed E-state index contributed by atoms with van der Waals surface area (Å²) < 4.78 is 0. The van der Waals surface area contributed by atoms with Crippen LogP contribution in [-0.2, 0) is 0 Å². The molecule has 0 unspecified atom stereocenters. The van der Waals surface area contributed by atoms with Crippen molar-refractivity contribution in [3.05, 3.63) is 5.28 Å². The maximum atomic E-state index is 9.12. The van der Waals surface area contributed by atoms with Crippen molar-refractivity contribution in [2.75, 3.05) is 36.5 Å². The lowest BCUT2D eigenvalue weighted by Crippen LogP contribution is -2.36. The normalized spacial score (nSPS) is 16.9. The van der Waals surface area contributed by atoms with E-state index in [0.717, 1.165) is 32.5 Å². The molecule has 1 aliphatic rings. The number of aliphatic hydroxyl groups excluding tert-OH is 1. The van der Waals surface area contributed by atoms with E-state index in [2.05, 4.69) is 25.2 Å². The van der Waals surface area contributed by atoms with Gasteiger partial charge in [0.2, 0.25) is 17.2 Å². The van der Waals surface area contributed by atoms with Gasteiger partial charge < -0.3 is 15.3 Å². The van der Waals surface area contributed by atoms with Crippen LogP contribution in [-0.4, -0.2) is 46.3 Å². The zero-order valence-electron chi connectivity index (χ0n) is 10.4. The van der Waals surface area contributed by atoms with E-state index in [1.54, 1.807) is 0 Å². The summed E-state index contributed by atoms with van der Waals surface area (Å²) in [5, 5.41) is 12.4. The summed E-state index contributed by atoms with van der Waals surface area (Å²) in [6, 6.07) is 0. The van der Waals surface area contributed by atoms with Gasteiger partial charge in [0, 0.05) is 26.2 Å². The summed E-state index contributed by atoms with van der Waals surface area (Å²) in [6.45, 7) is 4.67. The molecular weight excluding hydrogens is 254 g/mol. The van der Waals surface area contributed by atoms with Crippen LogP contribution in [0, 0.1) is 5.92 Å². The van der Waals surface area contributed by atoms with Crippen LogP contribution in [0.5, 0.6) is 0 Å². The van der Waals surface area contributed by atoms with E-state index in [-0.39, 0.29) is 11.9 Å². The summed E-state index contributed by atoms with van der Waals surface area (Å²) in [4.78, 5) is 14.6. The molecule has 0 amide bonds. The highest BCUT2D eigenvalue weighted by Crippen LogP contribution is 2.21. The first kappa shape index (κ1) is 13.3. The van der Waals surface area contributed by atoms with E-state index in [9.17, 15) is 0 Å². The van der Waals surface area contributed by atoms with Gasteiger partial charge in [-0.25, -0.2) is 0 Å². The van der Waals surface area contributed by atoms with Crippen LogP contribution in [0.1, 0.15) is 19.8 Å². The number of rotatable bonds is 4. The van der Waals surface area contributed by atoms with Crippen molar-refractivity contribution in [2.45, 2.75) is 19.8 Å². The lowest BCUT2D eigenvalue weighted by atomic mass is 9.98. The zero-order chi connectivity index (χ0) is 13.0. The number of aliphatic hydroxyl groups is 1. The fourth-order valence-electron chi connectivity index (χ4n) is 2.03. The van der Waals surface area contributed by atoms with Gasteiger partial charge in [0.1, 0.15) is 0 Å². The summed E-state index contributed by atoms with van der Waals surface area (Å²) in [5.41, 5.74) is 0. The average molecular weight is 272 g/mol. The Labute approximate surface area is 111 Å². The molecule has 18 heavy (non-hydrogen) atoms. The Morgan fingerprint density at radius 3 is 2.67 bits per heavy atom. The second-order valence-corrected chi connectivity index (χ2v) is 4.71. The lowest BCUT2D eigenvalue weighted by Gasteiger charge is -2.31. The monoisotopic (exact) mass is 271 g/mol. The zero-order valence-corrected chi connectivity index (χ0v) is 11.2. The second-order valence-electron chi connectivity index (χ2n) is 4.37. The largest absolute Gasteiger partial charge is 0.396 e. The summed E-state index contributed by atoms with van der Waals surface area (Å²) in [5.74, 6) is 1.52. The van der Waals surface area contributed by atoms with Crippen molar-refractivity contribution in [1.29, 1.82) is 0 Å². The molecule has 2 rings (SSSR count). The Morgan fingerprint density at radius 1 is 1.33 bits per heavy atom. The SMILES string of the molecule is CCNc1nc(Cl)nc(N2CCC(CO)CC2)n1. The molecule has 2 heterocycles. The topological polar surface area (TPSA) is 74.2 Å². The van der Waals surface area contributed by atoms with Crippen LogP contribution in [0.2, 0.25) is 5.28 Å². The Kier molecular flexibility index (Phi) is 4.54. The van der Waals surface area contributed by atoms with Crippen molar-refractivity contribution in [1.82, 2.24) is 15.0 Å². The van der Waals surface area contributed by atoms with Gasteiger partial charge in [0.15, 0.2) is 0 Å². The molecule has 1 saturated heterocycles. The van der Waals surface area contributed by atoms with Gasteiger partial charge in [-0.1, -0.05) is 0 Å². The minimum atomic E-state index is 0.209. The third-order valence-corrected chi connectivity index (χ3v) is 3.26. The van der Waals surface area contributed by atoms with Gasteiger partial charge in [-0.15, -0.1) is 0 Å². The Balaban J connectivity index is 2.08. The van der Waals surface area contributed by atoms with E-state index < -0.39 is 0 Å². The van der Waals surface area contributed by atoms with Gasteiger partial charge in [-0.2, -0.15) is 15.0 Å². The van der Waals surface area contributed by atoms with E-state index in [0.29, 0.717) is 17.8 Å². The summed E-state index contributed by atoms with van der Waals surface area (Å²) >= 11 is 5.89. The van der Waals surface area contributed by atoms with Crippen LogP contribution in [0.15, 0.2) is 0 Å². The minimum Gasteiger partial charge on any atom is -0.396 e. The van der Waals surface area contributed by atoms with E-state index in [4.69, 9.17) is 16.7 Å². The molecule has 100 valence electrons. The molecule has 0 saturated carbocycles. The van der Waals surface area contributed by atoms with Gasteiger partial charge in [0.25, 0.3) is 0 Å².